The Morgan fingerprint density at radius 1 is 1.27 bits per heavy atom. The summed E-state index contributed by atoms with van der Waals surface area (Å²) in [6.07, 6.45) is 4.74. The van der Waals surface area contributed by atoms with Crippen LogP contribution >= 0.6 is 12.2 Å². The van der Waals surface area contributed by atoms with Gasteiger partial charge in [-0.25, -0.2) is 5.10 Å². The van der Waals surface area contributed by atoms with Crippen LogP contribution in [0, 0.1) is 4.77 Å². The molecule has 0 fully saturated rings. The Morgan fingerprint density at radius 3 is 2.86 bits per heavy atom. The summed E-state index contributed by atoms with van der Waals surface area (Å²) in [6, 6.07) is 7.85. The fraction of sp³-hybridized carbons (Fsp3) is 0. The van der Waals surface area contributed by atoms with E-state index in [1.165, 1.54) is 23.0 Å². The van der Waals surface area contributed by atoms with Gasteiger partial charge in [-0.3, -0.25) is 4.98 Å². The Bertz CT molecular complexity index is 886. The Kier molecular flexibility index (Phi) is 3.67. The van der Waals surface area contributed by atoms with E-state index < -0.39 is 0 Å². The third-order valence-corrected chi connectivity index (χ3v) is 3.16. The summed E-state index contributed by atoms with van der Waals surface area (Å²) < 4.78 is 1.74. The number of rotatable bonds is 3. The molecule has 0 saturated carbocycles. The van der Waals surface area contributed by atoms with Gasteiger partial charge >= 0.3 is 0 Å². The zero-order valence-electron chi connectivity index (χ0n) is 11.2. The van der Waals surface area contributed by atoms with Crippen molar-refractivity contribution >= 4 is 18.4 Å². The van der Waals surface area contributed by atoms with Crippen molar-refractivity contribution in [2.45, 2.75) is 0 Å². The maximum absolute atomic E-state index is 9.76. The second-order valence-corrected chi connectivity index (χ2v) is 4.78. The molecule has 0 aliphatic rings. The maximum atomic E-state index is 9.76. The summed E-state index contributed by atoms with van der Waals surface area (Å²) in [5, 5.41) is 30.1. The third kappa shape index (κ3) is 2.72. The summed E-state index contributed by atoms with van der Waals surface area (Å²) in [4.78, 5) is 4.03. The third-order valence-electron chi connectivity index (χ3n) is 2.90. The van der Waals surface area contributed by atoms with Crippen LogP contribution in [0.4, 0.5) is 0 Å². The van der Waals surface area contributed by atoms with Gasteiger partial charge in [0.25, 0.3) is 0 Å². The van der Waals surface area contributed by atoms with Crippen LogP contribution < -0.4 is 0 Å². The number of hydrogen-bond acceptors (Lipinski definition) is 6. The first kappa shape index (κ1) is 14.0. The van der Waals surface area contributed by atoms with Crippen molar-refractivity contribution in [3.63, 3.8) is 0 Å². The number of pyridine rings is 1. The van der Waals surface area contributed by atoms with E-state index in [1.54, 1.807) is 24.5 Å². The van der Waals surface area contributed by atoms with Crippen molar-refractivity contribution < 1.29 is 10.2 Å². The summed E-state index contributed by atoms with van der Waals surface area (Å²) in [5.41, 5.74) is 1.19. The molecule has 1 aromatic carbocycles. The van der Waals surface area contributed by atoms with Crippen molar-refractivity contribution in [1.82, 2.24) is 19.9 Å². The zero-order valence-corrected chi connectivity index (χ0v) is 12.0. The molecule has 0 unspecified atom stereocenters. The fourth-order valence-electron chi connectivity index (χ4n) is 1.84. The Balaban J connectivity index is 2.01. The van der Waals surface area contributed by atoms with Crippen molar-refractivity contribution in [2.75, 3.05) is 0 Å². The number of aromatic nitrogens is 4. The molecule has 7 nitrogen and oxygen atoms in total. The van der Waals surface area contributed by atoms with Crippen LogP contribution in [0.25, 0.3) is 11.4 Å². The number of aromatic amines is 1. The highest BCUT2D eigenvalue weighted by atomic mass is 32.1. The Labute approximate surface area is 130 Å². The van der Waals surface area contributed by atoms with Gasteiger partial charge in [0.1, 0.15) is 11.5 Å². The molecular formula is C14H11N5O2S. The van der Waals surface area contributed by atoms with Crippen molar-refractivity contribution in [3.05, 3.63) is 53.1 Å². The van der Waals surface area contributed by atoms with E-state index in [1.807, 2.05) is 6.07 Å². The summed E-state index contributed by atoms with van der Waals surface area (Å²) in [5.74, 6) is 0.403. The predicted octanol–water partition coefficient (Wildman–Crippen LogP) is 2.30. The molecule has 2 heterocycles. The first-order chi connectivity index (χ1) is 10.6. The van der Waals surface area contributed by atoms with Crippen LogP contribution in [0.2, 0.25) is 0 Å². The smallest absolute Gasteiger partial charge is 0.216 e. The highest BCUT2D eigenvalue weighted by molar-refractivity contribution is 7.71. The van der Waals surface area contributed by atoms with Gasteiger partial charge in [-0.05, 0) is 36.5 Å². The number of nitrogens with zero attached hydrogens (tertiary/aromatic N) is 4. The van der Waals surface area contributed by atoms with Gasteiger partial charge in [-0.15, -0.1) is 0 Å². The molecule has 0 atom stereocenters. The minimum absolute atomic E-state index is 0.0226. The molecule has 0 spiro atoms. The van der Waals surface area contributed by atoms with Gasteiger partial charge in [-0.1, -0.05) is 0 Å². The largest absolute Gasteiger partial charge is 0.508 e. The Morgan fingerprint density at radius 2 is 2.14 bits per heavy atom. The number of phenolic OH excluding ortho intramolecular Hbond substituents is 2. The van der Waals surface area contributed by atoms with Gasteiger partial charge in [0.15, 0.2) is 5.82 Å². The second-order valence-electron chi connectivity index (χ2n) is 4.39. The lowest BCUT2D eigenvalue weighted by Gasteiger charge is -2.01. The van der Waals surface area contributed by atoms with Gasteiger partial charge in [0, 0.05) is 29.6 Å². The van der Waals surface area contributed by atoms with Gasteiger partial charge in [0.2, 0.25) is 4.77 Å². The average molecular weight is 313 g/mol. The van der Waals surface area contributed by atoms with Crippen molar-refractivity contribution in [1.29, 1.82) is 0 Å². The molecule has 110 valence electrons. The highest BCUT2D eigenvalue weighted by Gasteiger charge is 2.08. The first-order valence-corrected chi connectivity index (χ1v) is 6.70. The molecule has 8 heteroatoms. The monoisotopic (exact) mass is 313 g/mol. The first-order valence-electron chi connectivity index (χ1n) is 6.29. The van der Waals surface area contributed by atoms with Crippen LogP contribution in [-0.4, -0.2) is 36.3 Å². The van der Waals surface area contributed by atoms with Crippen LogP contribution in [0.3, 0.4) is 0 Å². The normalized spacial score (nSPS) is 11.1. The van der Waals surface area contributed by atoms with E-state index in [4.69, 9.17) is 12.2 Å². The number of phenols is 2. The van der Waals surface area contributed by atoms with E-state index >= 15 is 0 Å². The molecule has 3 N–H and O–H groups in total. The molecule has 22 heavy (non-hydrogen) atoms. The van der Waals surface area contributed by atoms with E-state index in [0.29, 0.717) is 16.2 Å². The SMILES string of the molecule is Oc1ccc(C=Nn2c(-c3cccnc3)n[nH]c2=S)c(O)c1. The minimum atomic E-state index is -0.0818. The molecule has 0 radical (unpaired) electrons. The van der Waals surface area contributed by atoms with Crippen LogP contribution in [-0.2, 0) is 0 Å². The lowest BCUT2D eigenvalue weighted by molar-refractivity contribution is 0.450. The lowest BCUT2D eigenvalue weighted by Crippen LogP contribution is -1.95. The molecule has 3 aromatic rings. The van der Waals surface area contributed by atoms with E-state index in [0.717, 1.165) is 5.56 Å². The highest BCUT2D eigenvalue weighted by Crippen LogP contribution is 2.21. The summed E-state index contributed by atoms with van der Waals surface area (Å²) >= 11 is 5.15. The predicted molar refractivity (Wildman–Crippen MR) is 83.4 cm³/mol. The molecule has 0 aliphatic carbocycles. The number of nitrogens with one attached hydrogen (secondary N) is 1. The van der Waals surface area contributed by atoms with Gasteiger partial charge < -0.3 is 10.2 Å². The number of H-pyrrole nitrogens is 1. The van der Waals surface area contributed by atoms with Crippen molar-refractivity contribution in [2.24, 2.45) is 5.10 Å². The average Bonchev–Trinajstić information content (AvgIpc) is 2.88. The van der Waals surface area contributed by atoms with Gasteiger partial charge in [0.05, 0.1) is 6.21 Å². The van der Waals surface area contributed by atoms with Gasteiger partial charge in [-0.2, -0.15) is 14.9 Å². The molecule has 3 rings (SSSR count). The summed E-state index contributed by atoms with van der Waals surface area (Å²) in [7, 11) is 0. The molecule has 2 aromatic heterocycles. The maximum Gasteiger partial charge on any atom is 0.216 e. The molecule has 0 aliphatic heterocycles. The quantitative estimate of drug-likeness (QED) is 0.509. The number of aromatic hydroxyl groups is 2. The number of hydrogen-bond donors (Lipinski definition) is 3. The topological polar surface area (TPSA) is 99.3 Å². The fourth-order valence-corrected chi connectivity index (χ4v) is 2.02. The lowest BCUT2D eigenvalue weighted by atomic mass is 10.2. The molecule has 0 bridgehead atoms. The van der Waals surface area contributed by atoms with Crippen molar-refractivity contribution in [3.8, 4) is 22.9 Å². The second kappa shape index (κ2) is 5.78. The van der Waals surface area contributed by atoms with E-state index in [2.05, 4.69) is 20.3 Å². The van der Waals surface area contributed by atoms with Crippen LogP contribution in [0.1, 0.15) is 5.56 Å². The van der Waals surface area contributed by atoms with Crippen LogP contribution in [0.5, 0.6) is 11.5 Å². The van der Waals surface area contributed by atoms with E-state index in [9.17, 15) is 10.2 Å². The molecule has 0 saturated heterocycles. The molecular weight excluding hydrogens is 302 g/mol. The standard InChI is InChI=1S/C14H11N5O2S/c20-11-4-3-9(12(21)6-11)8-16-19-13(17-18-14(19)22)10-2-1-5-15-7-10/h1-8,20-21H,(H,18,22). The van der Waals surface area contributed by atoms with Crippen LogP contribution in [0.15, 0.2) is 47.8 Å². The zero-order chi connectivity index (χ0) is 15.5. The molecule has 0 amide bonds. The Hall–Kier alpha value is -3.00. The summed E-state index contributed by atoms with van der Waals surface area (Å²) in [6.45, 7) is 0. The minimum Gasteiger partial charge on any atom is -0.508 e. The number of benzene rings is 1. The van der Waals surface area contributed by atoms with E-state index in [-0.39, 0.29) is 11.5 Å².